The summed E-state index contributed by atoms with van der Waals surface area (Å²) in [6.07, 6.45) is 1.82. The van der Waals surface area contributed by atoms with E-state index >= 15 is 0 Å². The van der Waals surface area contributed by atoms with E-state index in [4.69, 9.17) is 15.6 Å². The molecule has 4 amide bonds. The number of carbonyl (C=O) groups is 4. The van der Waals surface area contributed by atoms with E-state index in [2.05, 4.69) is 26.6 Å². The number of phenolic OH excluding ortho intramolecular Hbond substituents is 1. The summed E-state index contributed by atoms with van der Waals surface area (Å²) in [4.78, 5) is 65.3. The number of guanidine groups is 1. The number of nitrogens with one attached hydrogen (secondary N) is 6. The number of benzene rings is 2. The highest BCUT2D eigenvalue weighted by molar-refractivity contribution is 5.92. The lowest BCUT2D eigenvalue weighted by Crippen LogP contribution is -2.56. The van der Waals surface area contributed by atoms with Crippen LogP contribution in [0.4, 0.5) is 0 Å². The molecule has 0 aliphatic carbocycles. The summed E-state index contributed by atoms with van der Waals surface area (Å²) in [6.45, 7) is 8.29. The molecular formula is C37H51N7O7. The second-order valence-electron chi connectivity index (χ2n) is 13.4. The van der Waals surface area contributed by atoms with Crippen molar-refractivity contribution in [1.82, 2.24) is 26.6 Å². The van der Waals surface area contributed by atoms with E-state index in [1.165, 1.54) is 18.2 Å². The van der Waals surface area contributed by atoms with Crippen molar-refractivity contribution in [2.24, 2.45) is 17.6 Å². The van der Waals surface area contributed by atoms with Gasteiger partial charge in [-0.1, -0.05) is 58.0 Å². The van der Waals surface area contributed by atoms with Crippen LogP contribution >= 0.6 is 0 Å². The molecule has 3 unspecified atom stereocenters. The smallest absolute Gasteiger partial charge is 0.336 e. The number of hydrogen-bond donors (Lipinski definition) is 8. The van der Waals surface area contributed by atoms with Gasteiger partial charge in [-0.2, -0.15) is 0 Å². The lowest BCUT2D eigenvalue weighted by molar-refractivity contribution is -0.130. The summed E-state index contributed by atoms with van der Waals surface area (Å²) in [6, 6.07) is 12.5. The number of amides is 4. The topological polar surface area (TPSA) is 229 Å². The molecule has 0 saturated heterocycles. The van der Waals surface area contributed by atoms with Gasteiger partial charge in [0.1, 0.15) is 23.4 Å². The first-order valence-corrected chi connectivity index (χ1v) is 17.3. The van der Waals surface area contributed by atoms with Crippen LogP contribution in [0.5, 0.6) is 5.75 Å². The number of phenols is 1. The first kappa shape index (κ1) is 40.0. The number of fused-ring (bicyclic) bond motifs is 1. The van der Waals surface area contributed by atoms with E-state index in [1.54, 1.807) is 6.07 Å². The van der Waals surface area contributed by atoms with Crippen molar-refractivity contribution in [2.45, 2.75) is 84.3 Å². The zero-order valence-electron chi connectivity index (χ0n) is 29.7. The molecule has 1 heterocycles. The van der Waals surface area contributed by atoms with Crippen molar-refractivity contribution in [3.05, 3.63) is 76.1 Å². The van der Waals surface area contributed by atoms with Gasteiger partial charge in [0.2, 0.25) is 23.6 Å². The minimum absolute atomic E-state index is 0.0722. The summed E-state index contributed by atoms with van der Waals surface area (Å²) in [5.74, 6) is -1.75. The highest BCUT2D eigenvalue weighted by Crippen LogP contribution is 2.22. The van der Waals surface area contributed by atoms with Crippen LogP contribution in [-0.4, -0.2) is 65.9 Å². The fourth-order valence-electron chi connectivity index (χ4n) is 5.52. The van der Waals surface area contributed by atoms with Crippen LogP contribution in [0.1, 0.15) is 64.5 Å². The highest BCUT2D eigenvalue weighted by Gasteiger charge is 2.27. The van der Waals surface area contributed by atoms with Crippen molar-refractivity contribution in [3.8, 4) is 5.75 Å². The molecule has 0 spiro atoms. The molecule has 3 rings (SSSR count). The van der Waals surface area contributed by atoms with Crippen molar-refractivity contribution in [1.29, 1.82) is 5.41 Å². The maximum Gasteiger partial charge on any atom is 0.336 e. The molecule has 14 heteroatoms. The van der Waals surface area contributed by atoms with Crippen LogP contribution in [0, 0.1) is 17.2 Å². The number of hydrogen-bond acceptors (Lipinski definition) is 8. The number of aromatic hydroxyl groups is 1. The Morgan fingerprint density at radius 3 is 2.24 bits per heavy atom. The average Bonchev–Trinajstić information content (AvgIpc) is 3.05. The normalized spacial score (nSPS) is 12.9. The van der Waals surface area contributed by atoms with E-state index in [0.29, 0.717) is 36.8 Å². The lowest BCUT2D eigenvalue weighted by atomic mass is 9.99. The van der Waals surface area contributed by atoms with E-state index in [-0.39, 0.29) is 66.7 Å². The van der Waals surface area contributed by atoms with Gasteiger partial charge in [0.05, 0.1) is 6.42 Å². The molecule has 1 aromatic heterocycles. The Morgan fingerprint density at radius 1 is 0.863 bits per heavy atom. The zero-order valence-corrected chi connectivity index (χ0v) is 29.7. The number of rotatable bonds is 19. The van der Waals surface area contributed by atoms with Gasteiger partial charge in [-0.15, -0.1) is 0 Å². The van der Waals surface area contributed by atoms with Gasteiger partial charge < -0.3 is 41.8 Å². The number of nitrogens with two attached hydrogens (primary N) is 1. The van der Waals surface area contributed by atoms with Gasteiger partial charge >= 0.3 is 5.63 Å². The van der Waals surface area contributed by atoms with Crippen molar-refractivity contribution < 1.29 is 28.7 Å². The number of carbonyl (C=O) groups excluding carboxylic acids is 4. The van der Waals surface area contributed by atoms with Crippen LogP contribution in [0.3, 0.4) is 0 Å². The van der Waals surface area contributed by atoms with Gasteiger partial charge in [-0.3, -0.25) is 24.6 Å². The third-order valence-corrected chi connectivity index (χ3v) is 8.23. The molecule has 276 valence electrons. The lowest BCUT2D eigenvalue weighted by Gasteiger charge is -2.28. The van der Waals surface area contributed by atoms with Crippen LogP contribution in [0.2, 0.25) is 0 Å². The predicted octanol–water partition coefficient (Wildman–Crippen LogP) is 2.21. The van der Waals surface area contributed by atoms with E-state index in [9.17, 15) is 29.1 Å². The molecule has 0 aliphatic rings. The highest BCUT2D eigenvalue weighted by atomic mass is 16.4. The van der Waals surface area contributed by atoms with Gasteiger partial charge in [-0.25, -0.2) is 4.79 Å². The quantitative estimate of drug-likeness (QED) is 0.0395. The summed E-state index contributed by atoms with van der Waals surface area (Å²) < 4.78 is 5.17. The maximum absolute atomic E-state index is 13.6. The molecule has 9 N–H and O–H groups in total. The monoisotopic (exact) mass is 705 g/mol. The Kier molecular flexibility index (Phi) is 15.5. The molecular weight excluding hydrogens is 654 g/mol. The molecule has 0 saturated carbocycles. The van der Waals surface area contributed by atoms with Gasteiger partial charge in [-0.05, 0) is 54.4 Å². The predicted molar refractivity (Wildman–Crippen MR) is 195 cm³/mol. The zero-order chi connectivity index (χ0) is 37.5. The van der Waals surface area contributed by atoms with Crippen LogP contribution < -0.4 is 37.9 Å². The minimum atomic E-state index is -0.975. The second kappa shape index (κ2) is 19.7. The van der Waals surface area contributed by atoms with Gasteiger partial charge in [0, 0.05) is 49.5 Å². The molecule has 51 heavy (non-hydrogen) atoms. The molecule has 3 atom stereocenters. The van der Waals surface area contributed by atoms with Gasteiger partial charge in [0.15, 0.2) is 5.96 Å². The number of unbranched alkanes of at least 4 members (excludes halogenated alkanes) is 1. The van der Waals surface area contributed by atoms with Crippen LogP contribution in [-0.2, 0) is 32.0 Å². The molecule has 0 bridgehead atoms. The Morgan fingerprint density at radius 2 is 1.57 bits per heavy atom. The molecule has 0 aliphatic heterocycles. The summed E-state index contributed by atoms with van der Waals surface area (Å²) in [5.41, 5.74) is 5.94. The van der Waals surface area contributed by atoms with Crippen molar-refractivity contribution in [3.63, 3.8) is 0 Å². The van der Waals surface area contributed by atoms with E-state index < -0.39 is 35.6 Å². The summed E-state index contributed by atoms with van der Waals surface area (Å²) in [7, 11) is 0. The van der Waals surface area contributed by atoms with Crippen LogP contribution in [0.15, 0.2) is 63.8 Å². The molecule has 0 fully saturated rings. The van der Waals surface area contributed by atoms with Gasteiger partial charge in [0.25, 0.3) is 0 Å². The maximum atomic E-state index is 13.6. The third-order valence-electron chi connectivity index (χ3n) is 8.23. The Bertz CT molecular complexity index is 1710. The summed E-state index contributed by atoms with van der Waals surface area (Å²) in [5, 5.41) is 31.7. The van der Waals surface area contributed by atoms with E-state index in [1.807, 2.05) is 58.0 Å². The average molecular weight is 706 g/mol. The third kappa shape index (κ3) is 13.8. The second-order valence-corrected chi connectivity index (χ2v) is 13.4. The SMILES string of the molecule is CC(C)CC(NC(=O)CCCCNC(=N)N)C(=O)NC(CNC(=O)C(Cc1ccccc1)NC(=O)Cc1cc(=O)oc2cc(O)ccc12)C(C)C. The molecule has 3 aromatic rings. The van der Waals surface area contributed by atoms with Crippen LogP contribution in [0.25, 0.3) is 11.0 Å². The fraction of sp³-hybridized carbons (Fsp3) is 0.459. The largest absolute Gasteiger partial charge is 0.508 e. The van der Waals surface area contributed by atoms with E-state index in [0.717, 1.165) is 5.56 Å². The fourth-order valence-corrected chi connectivity index (χ4v) is 5.52. The minimum Gasteiger partial charge on any atom is -0.508 e. The molecule has 0 radical (unpaired) electrons. The molecule has 2 aromatic carbocycles. The first-order chi connectivity index (χ1) is 24.2. The Hall–Kier alpha value is -5.40. The Labute approximate surface area is 297 Å². The standard InChI is InChI=1S/C37H51N7O7/c1-22(2)16-28(42-32(46)12-8-9-15-40-37(38)39)36(50)44-30(23(3)4)21-41-35(49)29(17-24-10-6-5-7-11-24)43-33(47)18-25-19-34(48)51-31-20-26(45)13-14-27(25)31/h5-7,10-11,13-14,19-20,22-23,28-30,45H,8-9,12,15-18,21H2,1-4H3,(H,41,49)(H,42,46)(H,43,47)(H,44,50)(H4,38,39,40). The van der Waals surface area contributed by atoms with Crippen molar-refractivity contribution in [2.75, 3.05) is 13.1 Å². The molecule has 14 nitrogen and oxygen atoms in total. The summed E-state index contributed by atoms with van der Waals surface area (Å²) >= 11 is 0. The first-order valence-electron chi connectivity index (χ1n) is 17.3. The Balaban J connectivity index is 1.68. The van der Waals surface area contributed by atoms with Crippen molar-refractivity contribution >= 4 is 40.6 Å².